The summed E-state index contributed by atoms with van der Waals surface area (Å²) in [7, 11) is 2.45. The van der Waals surface area contributed by atoms with Crippen LogP contribution in [0.3, 0.4) is 0 Å². The molecule has 0 bridgehead atoms. The van der Waals surface area contributed by atoms with Crippen molar-refractivity contribution >= 4 is 10.9 Å². The maximum Gasteiger partial charge on any atom is 0.143 e. The van der Waals surface area contributed by atoms with Crippen LogP contribution in [0.15, 0.2) is 48.7 Å². The Morgan fingerprint density at radius 1 is 0.909 bits per heavy atom. The molecule has 0 spiro atoms. The zero-order valence-corrected chi connectivity index (χ0v) is 13.0. The lowest BCUT2D eigenvalue weighted by Crippen LogP contribution is -2.52. The number of rotatable bonds is 0. The molecule has 0 amide bonds. The van der Waals surface area contributed by atoms with Crippen LogP contribution in [0, 0.1) is 0 Å². The first-order chi connectivity index (χ1) is 10.8. The number of aromatic nitrogens is 1. The number of benzene rings is 2. The van der Waals surface area contributed by atoms with Gasteiger partial charge in [-0.05, 0) is 17.2 Å². The van der Waals surface area contributed by atoms with Gasteiger partial charge in [0.15, 0.2) is 0 Å². The van der Waals surface area contributed by atoms with E-state index in [1.54, 1.807) is 0 Å². The largest absolute Gasteiger partial charge is 0.361 e. The highest BCUT2D eigenvalue weighted by molar-refractivity contribution is 5.87. The van der Waals surface area contributed by atoms with Crippen LogP contribution in [0.2, 0.25) is 0 Å². The lowest BCUT2D eigenvalue weighted by molar-refractivity contribution is -0.935. The molecule has 2 aliphatic heterocycles. The third-order valence-electron chi connectivity index (χ3n) is 5.87. The highest BCUT2D eigenvalue weighted by Gasteiger charge is 2.42. The quantitative estimate of drug-likeness (QED) is 0.606. The van der Waals surface area contributed by atoms with Gasteiger partial charge in [0.05, 0.1) is 20.1 Å². The first kappa shape index (κ1) is 12.5. The fraction of sp³-hybridized carbons (Fsp3) is 0.300. The molecule has 0 radical (unpaired) electrons. The van der Waals surface area contributed by atoms with E-state index in [0.29, 0.717) is 6.04 Å². The zero-order chi connectivity index (χ0) is 14.7. The van der Waals surface area contributed by atoms with Gasteiger partial charge >= 0.3 is 0 Å². The molecule has 5 rings (SSSR count). The lowest BCUT2D eigenvalue weighted by Gasteiger charge is -2.44. The summed E-state index contributed by atoms with van der Waals surface area (Å²) in [4.78, 5) is 3.52. The van der Waals surface area contributed by atoms with Crippen LogP contribution < -0.4 is 0 Å². The van der Waals surface area contributed by atoms with E-state index in [0.717, 1.165) is 4.48 Å². The third kappa shape index (κ3) is 1.53. The van der Waals surface area contributed by atoms with Crippen LogP contribution in [0.4, 0.5) is 0 Å². The molecular weight excluding hydrogens is 268 g/mol. The number of fused-ring (bicyclic) bond motifs is 4. The zero-order valence-electron chi connectivity index (χ0n) is 13.0. The number of nitrogens with one attached hydrogen (secondary N) is 1. The van der Waals surface area contributed by atoms with Crippen molar-refractivity contribution in [3.8, 4) is 0 Å². The SMILES string of the molecule is C[N+]12CCc3ccccc3C1c1c[nH]c3cccc(c13)CC2. The topological polar surface area (TPSA) is 15.8 Å². The standard InChI is InChI=1S/C20H21N2/c1-22-11-9-14-5-2-3-7-16(14)20(22)17-13-21-18-8-4-6-15(10-12-22)19(17)18/h2-8,13,20-21H,9-12H2,1H3/q+1. The van der Waals surface area contributed by atoms with E-state index < -0.39 is 0 Å². The van der Waals surface area contributed by atoms with Crippen molar-refractivity contribution in [3.05, 3.63) is 70.9 Å². The van der Waals surface area contributed by atoms with E-state index in [4.69, 9.17) is 0 Å². The molecule has 22 heavy (non-hydrogen) atoms. The highest BCUT2D eigenvalue weighted by atomic mass is 15.4. The molecule has 0 aliphatic carbocycles. The normalized spacial score (nSPS) is 26.3. The Bertz CT molecular complexity index is 876. The van der Waals surface area contributed by atoms with Crippen molar-refractivity contribution in [3.63, 3.8) is 0 Å². The summed E-state index contributed by atoms with van der Waals surface area (Å²) in [5.41, 5.74) is 7.38. The fourth-order valence-electron chi connectivity index (χ4n) is 4.70. The molecule has 2 nitrogen and oxygen atoms in total. The minimum atomic E-state index is 0.474. The van der Waals surface area contributed by atoms with Gasteiger partial charge in [0.1, 0.15) is 6.04 Å². The molecule has 2 aromatic carbocycles. The number of nitrogens with zero attached hydrogens (tertiary/aromatic N) is 1. The molecule has 0 saturated carbocycles. The molecule has 2 unspecified atom stereocenters. The molecule has 2 heteroatoms. The van der Waals surface area contributed by atoms with E-state index >= 15 is 0 Å². The van der Waals surface area contributed by atoms with Crippen molar-refractivity contribution in [2.45, 2.75) is 18.9 Å². The van der Waals surface area contributed by atoms with E-state index in [-0.39, 0.29) is 0 Å². The second-order valence-electron chi connectivity index (χ2n) is 7.11. The molecule has 1 aromatic heterocycles. The molecule has 2 aliphatic rings. The molecule has 0 fully saturated rings. The van der Waals surface area contributed by atoms with Gasteiger partial charge in [0.25, 0.3) is 0 Å². The third-order valence-corrected chi connectivity index (χ3v) is 5.87. The van der Waals surface area contributed by atoms with Crippen LogP contribution in [-0.2, 0) is 12.8 Å². The van der Waals surface area contributed by atoms with Crippen molar-refractivity contribution in [2.24, 2.45) is 0 Å². The summed E-state index contributed by atoms with van der Waals surface area (Å²) in [6.45, 7) is 2.47. The van der Waals surface area contributed by atoms with E-state index in [1.165, 1.54) is 59.1 Å². The van der Waals surface area contributed by atoms with Gasteiger partial charge in [0.2, 0.25) is 0 Å². The van der Waals surface area contributed by atoms with E-state index in [1.807, 2.05) is 0 Å². The van der Waals surface area contributed by atoms with Gasteiger partial charge in [-0.15, -0.1) is 0 Å². The first-order valence-corrected chi connectivity index (χ1v) is 8.27. The summed E-state index contributed by atoms with van der Waals surface area (Å²) < 4.78 is 1.14. The number of H-pyrrole nitrogens is 1. The maximum atomic E-state index is 3.52. The van der Waals surface area contributed by atoms with Gasteiger partial charge in [-0.25, -0.2) is 0 Å². The number of hydrogen-bond acceptors (Lipinski definition) is 0. The van der Waals surface area contributed by atoms with Crippen LogP contribution >= 0.6 is 0 Å². The van der Waals surface area contributed by atoms with Crippen LogP contribution in [0.5, 0.6) is 0 Å². The van der Waals surface area contributed by atoms with Gasteiger partial charge in [-0.2, -0.15) is 0 Å². The predicted molar refractivity (Wildman–Crippen MR) is 89.9 cm³/mol. The molecule has 110 valence electrons. The maximum absolute atomic E-state index is 3.52. The summed E-state index contributed by atoms with van der Waals surface area (Å²) in [5, 5.41) is 1.48. The Morgan fingerprint density at radius 2 is 1.68 bits per heavy atom. The number of quaternary nitrogens is 1. The molecular formula is C20H21N2+. The average Bonchev–Trinajstić information content (AvgIpc) is 2.91. The van der Waals surface area contributed by atoms with Gasteiger partial charge in [-0.3, -0.25) is 0 Å². The Labute approximate surface area is 131 Å². The highest BCUT2D eigenvalue weighted by Crippen LogP contribution is 2.44. The number of hydrogen-bond donors (Lipinski definition) is 1. The minimum Gasteiger partial charge on any atom is -0.361 e. The van der Waals surface area contributed by atoms with Gasteiger partial charge in [0, 0.05) is 41.1 Å². The fourth-order valence-corrected chi connectivity index (χ4v) is 4.70. The lowest BCUT2D eigenvalue weighted by atomic mass is 9.87. The first-order valence-electron chi connectivity index (χ1n) is 8.27. The Balaban J connectivity index is 1.85. The van der Waals surface area contributed by atoms with Crippen molar-refractivity contribution in [2.75, 3.05) is 20.1 Å². The van der Waals surface area contributed by atoms with Crippen molar-refractivity contribution < 1.29 is 4.48 Å². The number of likely N-dealkylation sites (N-methyl/N-ethyl adjacent to an activating group) is 1. The summed E-state index contributed by atoms with van der Waals surface area (Å²) >= 11 is 0. The summed E-state index contributed by atoms with van der Waals surface area (Å²) in [6, 6.07) is 16.3. The second-order valence-corrected chi connectivity index (χ2v) is 7.11. The molecule has 3 aromatic rings. The summed E-state index contributed by atoms with van der Waals surface area (Å²) in [5.74, 6) is 0. The van der Waals surface area contributed by atoms with Gasteiger partial charge in [-0.1, -0.05) is 36.4 Å². The smallest absolute Gasteiger partial charge is 0.143 e. The van der Waals surface area contributed by atoms with Crippen molar-refractivity contribution in [1.82, 2.24) is 4.98 Å². The Morgan fingerprint density at radius 3 is 2.59 bits per heavy atom. The molecule has 2 atom stereocenters. The average molecular weight is 289 g/mol. The summed E-state index contributed by atoms with van der Waals surface area (Å²) in [6.07, 6.45) is 4.65. The molecule has 3 heterocycles. The predicted octanol–water partition coefficient (Wildman–Crippen LogP) is 3.82. The van der Waals surface area contributed by atoms with E-state index in [2.05, 4.69) is 60.7 Å². The molecule has 0 saturated heterocycles. The van der Waals surface area contributed by atoms with Crippen molar-refractivity contribution in [1.29, 1.82) is 0 Å². The van der Waals surface area contributed by atoms with Crippen LogP contribution in [-0.4, -0.2) is 29.6 Å². The number of aromatic amines is 1. The monoisotopic (exact) mass is 289 g/mol. The van der Waals surface area contributed by atoms with E-state index in [9.17, 15) is 0 Å². The minimum absolute atomic E-state index is 0.474. The van der Waals surface area contributed by atoms with Gasteiger partial charge < -0.3 is 9.47 Å². The Kier molecular flexibility index (Phi) is 2.40. The van der Waals surface area contributed by atoms with Crippen LogP contribution in [0.25, 0.3) is 10.9 Å². The second kappa shape index (κ2) is 4.23. The van der Waals surface area contributed by atoms with Crippen LogP contribution in [0.1, 0.15) is 28.3 Å². The molecule has 1 N–H and O–H groups in total. The Hall–Kier alpha value is -2.06.